The molecule has 0 saturated heterocycles. The molecule has 0 spiro atoms. The van der Waals surface area contributed by atoms with Crippen molar-refractivity contribution in [3.63, 3.8) is 0 Å². The summed E-state index contributed by atoms with van der Waals surface area (Å²) in [5.41, 5.74) is 2.35. The summed E-state index contributed by atoms with van der Waals surface area (Å²) in [5.74, 6) is 11.0. The summed E-state index contributed by atoms with van der Waals surface area (Å²) in [4.78, 5) is 0. The van der Waals surface area contributed by atoms with Crippen molar-refractivity contribution in [1.29, 1.82) is 0 Å². The molecule has 1 heterocycles. The number of anilines is 1. The second-order valence-corrected chi connectivity index (χ2v) is 7.05. The van der Waals surface area contributed by atoms with Crippen LogP contribution in [0.25, 0.3) is 0 Å². The normalized spacial score (nSPS) is 39.8. The van der Waals surface area contributed by atoms with Crippen LogP contribution in [0.5, 0.6) is 0 Å². The van der Waals surface area contributed by atoms with E-state index in [0.717, 1.165) is 35.2 Å². The van der Waals surface area contributed by atoms with Crippen LogP contribution in [0.15, 0.2) is 4.52 Å². The molecule has 0 radical (unpaired) electrons. The maximum Gasteiger partial charge on any atom is 0.244 e. The predicted octanol–water partition coefficient (Wildman–Crippen LogP) is 2.83. The van der Waals surface area contributed by atoms with E-state index in [9.17, 15) is 0 Å². The van der Waals surface area contributed by atoms with Gasteiger partial charge in [-0.25, -0.2) is 5.84 Å². The van der Waals surface area contributed by atoms with Gasteiger partial charge in [-0.05, 0) is 68.6 Å². The minimum Gasteiger partial charge on any atom is -0.337 e. The third kappa shape index (κ3) is 1.65. The molecule has 5 rings (SSSR count). The number of aryl methyl sites for hydroxylation is 1. The summed E-state index contributed by atoms with van der Waals surface area (Å²) >= 11 is 0. The number of nitrogens with two attached hydrogens (primary N) is 1. The molecule has 0 amide bonds. The van der Waals surface area contributed by atoms with Crippen LogP contribution in [0.3, 0.4) is 0 Å². The average molecular weight is 261 g/mol. The van der Waals surface area contributed by atoms with E-state index in [1.54, 1.807) is 5.01 Å². The standard InChI is InChI=1S/C15H23N3O/c1-8-13(15(18(2)16)19-17-8)14-11-4-9-3-10(6-11)7-12(14)5-9/h9-12,14H,3-7,16H2,1-2H3. The third-order valence-electron chi connectivity index (χ3n) is 5.77. The Hall–Kier alpha value is -1.03. The van der Waals surface area contributed by atoms with Gasteiger partial charge in [0.05, 0.1) is 5.69 Å². The van der Waals surface area contributed by atoms with Gasteiger partial charge >= 0.3 is 0 Å². The lowest BCUT2D eigenvalue weighted by Crippen LogP contribution is -2.44. The van der Waals surface area contributed by atoms with Crippen LogP contribution in [0.4, 0.5) is 5.88 Å². The Morgan fingerprint density at radius 2 is 1.68 bits per heavy atom. The van der Waals surface area contributed by atoms with E-state index in [0.29, 0.717) is 5.92 Å². The van der Waals surface area contributed by atoms with Gasteiger partial charge in [-0.15, -0.1) is 0 Å². The van der Waals surface area contributed by atoms with E-state index >= 15 is 0 Å². The Balaban J connectivity index is 1.75. The summed E-state index contributed by atoms with van der Waals surface area (Å²) < 4.78 is 5.46. The fraction of sp³-hybridized carbons (Fsp3) is 0.800. The number of rotatable bonds is 2. The summed E-state index contributed by atoms with van der Waals surface area (Å²) in [7, 11) is 1.85. The summed E-state index contributed by atoms with van der Waals surface area (Å²) in [6.45, 7) is 2.07. The highest BCUT2D eigenvalue weighted by Crippen LogP contribution is 2.61. The van der Waals surface area contributed by atoms with Gasteiger partial charge in [-0.3, -0.25) is 5.01 Å². The largest absolute Gasteiger partial charge is 0.337 e. The summed E-state index contributed by atoms with van der Waals surface area (Å²) in [5, 5.41) is 5.77. The van der Waals surface area contributed by atoms with Gasteiger partial charge < -0.3 is 4.52 Å². The highest BCUT2D eigenvalue weighted by molar-refractivity contribution is 5.47. The monoisotopic (exact) mass is 261 g/mol. The first-order chi connectivity index (χ1) is 9.13. The van der Waals surface area contributed by atoms with Gasteiger partial charge in [0, 0.05) is 12.6 Å². The molecule has 4 fully saturated rings. The summed E-state index contributed by atoms with van der Waals surface area (Å²) in [6, 6.07) is 0. The molecule has 1 aromatic heterocycles. The first-order valence-electron chi connectivity index (χ1n) is 7.58. The lowest BCUT2D eigenvalue weighted by molar-refractivity contribution is -0.00295. The van der Waals surface area contributed by atoms with E-state index < -0.39 is 0 Å². The molecule has 4 nitrogen and oxygen atoms in total. The van der Waals surface area contributed by atoms with Crippen molar-refractivity contribution in [3.8, 4) is 0 Å². The lowest BCUT2D eigenvalue weighted by Gasteiger charge is -2.54. The molecular formula is C15H23N3O. The minimum atomic E-state index is 0.639. The molecule has 4 aliphatic carbocycles. The fourth-order valence-electron chi connectivity index (χ4n) is 5.40. The van der Waals surface area contributed by atoms with E-state index in [-0.39, 0.29) is 0 Å². The molecule has 0 atom stereocenters. The maximum absolute atomic E-state index is 5.92. The third-order valence-corrected chi connectivity index (χ3v) is 5.77. The summed E-state index contributed by atoms with van der Waals surface area (Å²) in [6.07, 6.45) is 7.14. The van der Waals surface area contributed by atoms with Crippen LogP contribution in [0.1, 0.15) is 49.3 Å². The van der Waals surface area contributed by atoms with Gasteiger partial charge in [0.15, 0.2) is 0 Å². The molecule has 2 N–H and O–H groups in total. The van der Waals surface area contributed by atoms with Gasteiger partial charge in [-0.1, -0.05) is 5.16 Å². The van der Waals surface area contributed by atoms with Crippen LogP contribution >= 0.6 is 0 Å². The van der Waals surface area contributed by atoms with Crippen molar-refractivity contribution >= 4 is 5.88 Å². The smallest absolute Gasteiger partial charge is 0.244 e. The number of aromatic nitrogens is 1. The van der Waals surface area contributed by atoms with Crippen LogP contribution in [-0.4, -0.2) is 12.2 Å². The zero-order chi connectivity index (χ0) is 13.1. The van der Waals surface area contributed by atoms with E-state index in [1.165, 1.54) is 37.7 Å². The lowest BCUT2D eigenvalue weighted by atomic mass is 9.50. The Kier molecular flexibility index (Phi) is 2.47. The van der Waals surface area contributed by atoms with E-state index in [4.69, 9.17) is 10.4 Å². The number of hydrazine groups is 1. The maximum atomic E-state index is 5.92. The van der Waals surface area contributed by atoms with Gasteiger partial charge in [0.25, 0.3) is 0 Å². The average Bonchev–Trinajstić information content (AvgIpc) is 2.70. The van der Waals surface area contributed by atoms with Crippen molar-refractivity contribution in [1.82, 2.24) is 5.16 Å². The zero-order valence-corrected chi connectivity index (χ0v) is 11.8. The molecule has 19 heavy (non-hydrogen) atoms. The van der Waals surface area contributed by atoms with Crippen molar-refractivity contribution in [3.05, 3.63) is 11.3 Å². The van der Waals surface area contributed by atoms with Gasteiger partial charge in [0.2, 0.25) is 5.88 Å². The molecule has 4 saturated carbocycles. The van der Waals surface area contributed by atoms with Crippen LogP contribution in [0.2, 0.25) is 0 Å². The Bertz CT molecular complexity index is 466. The van der Waals surface area contributed by atoms with Crippen molar-refractivity contribution in [2.45, 2.75) is 44.9 Å². The number of hydrogen-bond acceptors (Lipinski definition) is 4. The Morgan fingerprint density at radius 3 is 2.21 bits per heavy atom. The molecule has 0 aliphatic heterocycles. The topological polar surface area (TPSA) is 55.3 Å². The first-order valence-corrected chi connectivity index (χ1v) is 7.58. The molecule has 104 valence electrons. The second kappa shape index (κ2) is 3.98. The van der Waals surface area contributed by atoms with Crippen molar-refractivity contribution < 1.29 is 4.52 Å². The Morgan fingerprint density at radius 1 is 1.11 bits per heavy atom. The van der Waals surface area contributed by atoms with Crippen LogP contribution in [0, 0.1) is 30.6 Å². The second-order valence-electron chi connectivity index (χ2n) is 7.05. The van der Waals surface area contributed by atoms with Gasteiger partial charge in [-0.2, -0.15) is 0 Å². The van der Waals surface area contributed by atoms with Crippen molar-refractivity contribution in [2.75, 3.05) is 12.1 Å². The highest BCUT2D eigenvalue weighted by Gasteiger charge is 2.50. The highest BCUT2D eigenvalue weighted by atomic mass is 16.5. The van der Waals surface area contributed by atoms with Crippen LogP contribution < -0.4 is 10.9 Å². The van der Waals surface area contributed by atoms with E-state index in [1.807, 2.05) is 7.05 Å². The predicted molar refractivity (Wildman–Crippen MR) is 73.6 cm³/mol. The molecule has 4 heteroatoms. The first kappa shape index (κ1) is 11.8. The number of hydrogen-bond donors (Lipinski definition) is 1. The Labute approximate surface area is 114 Å². The SMILES string of the molecule is Cc1noc(N(C)N)c1C1C2CC3CC(C2)CC1C3. The zero-order valence-electron chi connectivity index (χ0n) is 11.8. The molecule has 4 bridgehead atoms. The molecule has 4 aliphatic rings. The number of nitrogens with zero attached hydrogens (tertiary/aromatic N) is 2. The van der Waals surface area contributed by atoms with Gasteiger partial charge in [0.1, 0.15) is 0 Å². The van der Waals surface area contributed by atoms with Crippen molar-refractivity contribution in [2.24, 2.45) is 29.5 Å². The fourth-order valence-corrected chi connectivity index (χ4v) is 5.40. The quantitative estimate of drug-likeness (QED) is 0.657. The molecule has 0 aromatic carbocycles. The molecule has 1 aromatic rings. The molecule has 0 unspecified atom stereocenters. The van der Waals surface area contributed by atoms with Crippen LogP contribution in [-0.2, 0) is 0 Å². The van der Waals surface area contributed by atoms with E-state index in [2.05, 4.69) is 12.1 Å². The molecular weight excluding hydrogens is 238 g/mol. The minimum absolute atomic E-state index is 0.639.